The zero-order valence-corrected chi connectivity index (χ0v) is 7.76. The summed E-state index contributed by atoms with van der Waals surface area (Å²) in [6, 6.07) is 4.40. The van der Waals surface area contributed by atoms with Gasteiger partial charge < -0.3 is 4.70 Å². The van der Waals surface area contributed by atoms with Gasteiger partial charge in [-0.25, -0.2) is 4.57 Å². The molecule has 0 aliphatic heterocycles. The van der Waals surface area contributed by atoms with Crippen LogP contribution in [0.4, 0.5) is 0 Å². The molecule has 1 aromatic heterocycles. The van der Waals surface area contributed by atoms with E-state index in [0.29, 0.717) is 0 Å². The summed E-state index contributed by atoms with van der Waals surface area (Å²) in [5.74, 6) is 0. The molecule has 0 aliphatic rings. The van der Waals surface area contributed by atoms with Crippen molar-refractivity contribution < 1.29 is 9.27 Å². The molecular weight excluding hydrogens is 153 g/mol. The number of halogens is 1. The van der Waals surface area contributed by atoms with Crippen LogP contribution in [0.3, 0.4) is 0 Å². The van der Waals surface area contributed by atoms with Gasteiger partial charge in [0.05, 0.1) is 0 Å². The Hall–Kier alpha value is -0.920. The second-order valence-electron chi connectivity index (χ2n) is 2.79. The number of aromatic nitrogens is 1. The van der Waals surface area contributed by atoms with Crippen LogP contribution in [0.2, 0.25) is 0 Å². The predicted octanol–water partition coefficient (Wildman–Crippen LogP) is -1.05. The molecule has 0 saturated heterocycles. The first-order valence-electron chi connectivity index (χ1n) is 4.34. The highest BCUT2D eigenvalue weighted by molar-refractivity contribution is 5.06. The standard InChI is InChI=1S/C10H16N.FH/c1-3-5-10-6-8-11(4-2)9-7-10;/h6-9H,3-5H2,1-2H3;1H/q+1;/p-1. The van der Waals surface area contributed by atoms with Gasteiger partial charge in [0.2, 0.25) is 0 Å². The van der Waals surface area contributed by atoms with Gasteiger partial charge in [-0.05, 0) is 18.9 Å². The van der Waals surface area contributed by atoms with E-state index in [1.165, 1.54) is 18.4 Å². The molecule has 0 fully saturated rings. The van der Waals surface area contributed by atoms with Gasteiger partial charge in [0, 0.05) is 12.1 Å². The number of nitrogens with zero attached hydrogens (tertiary/aromatic N) is 1. The number of aryl methyl sites for hydroxylation is 2. The summed E-state index contributed by atoms with van der Waals surface area (Å²) in [4.78, 5) is 0. The third-order valence-corrected chi connectivity index (χ3v) is 1.86. The molecular formula is C10H16FN. The lowest BCUT2D eigenvalue weighted by atomic mass is 10.2. The van der Waals surface area contributed by atoms with Crippen LogP contribution in [-0.2, 0) is 13.0 Å². The fourth-order valence-electron chi connectivity index (χ4n) is 1.15. The van der Waals surface area contributed by atoms with Crippen molar-refractivity contribution in [2.75, 3.05) is 0 Å². The highest BCUT2D eigenvalue weighted by Crippen LogP contribution is 1.98. The average Bonchev–Trinajstić information content (AvgIpc) is 2.07. The molecule has 0 unspecified atom stereocenters. The van der Waals surface area contributed by atoms with Crippen LogP contribution in [0.1, 0.15) is 25.8 Å². The van der Waals surface area contributed by atoms with Gasteiger partial charge in [-0.15, -0.1) is 0 Å². The lowest BCUT2D eigenvalue weighted by Gasteiger charge is -1.95. The van der Waals surface area contributed by atoms with Crippen molar-refractivity contribution in [2.45, 2.75) is 33.2 Å². The summed E-state index contributed by atoms with van der Waals surface area (Å²) in [6.07, 6.45) is 6.72. The summed E-state index contributed by atoms with van der Waals surface area (Å²) < 4.78 is 2.18. The molecule has 0 radical (unpaired) electrons. The minimum absolute atomic E-state index is 0. The molecule has 2 heteroatoms. The Balaban J connectivity index is 0.00000121. The molecule has 1 rings (SSSR count). The Morgan fingerprint density at radius 1 is 1.17 bits per heavy atom. The largest absolute Gasteiger partial charge is 1.00 e. The van der Waals surface area contributed by atoms with Crippen LogP contribution in [0.5, 0.6) is 0 Å². The Kier molecular flexibility index (Phi) is 5.26. The van der Waals surface area contributed by atoms with Gasteiger partial charge in [-0.1, -0.05) is 13.3 Å². The van der Waals surface area contributed by atoms with E-state index < -0.39 is 0 Å². The monoisotopic (exact) mass is 169 g/mol. The third-order valence-electron chi connectivity index (χ3n) is 1.86. The van der Waals surface area contributed by atoms with Crippen LogP contribution >= 0.6 is 0 Å². The zero-order chi connectivity index (χ0) is 8.10. The average molecular weight is 169 g/mol. The number of hydrogen-bond acceptors (Lipinski definition) is 0. The number of hydrogen-bond donors (Lipinski definition) is 0. The van der Waals surface area contributed by atoms with Crippen molar-refractivity contribution in [1.82, 2.24) is 0 Å². The molecule has 0 bridgehead atoms. The van der Waals surface area contributed by atoms with Gasteiger partial charge in [-0.3, -0.25) is 0 Å². The lowest BCUT2D eigenvalue weighted by Crippen LogP contribution is -3.00. The Morgan fingerprint density at radius 2 is 1.75 bits per heavy atom. The summed E-state index contributed by atoms with van der Waals surface area (Å²) in [7, 11) is 0. The van der Waals surface area contributed by atoms with E-state index in [4.69, 9.17) is 0 Å². The molecule has 0 N–H and O–H groups in total. The summed E-state index contributed by atoms with van der Waals surface area (Å²) in [6.45, 7) is 5.42. The summed E-state index contributed by atoms with van der Waals surface area (Å²) in [5.41, 5.74) is 1.44. The summed E-state index contributed by atoms with van der Waals surface area (Å²) in [5, 5.41) is 0. The first-order valence-corrected chi connectivity index (χ1v) is 4.34. The molecule has 0 atom stereocenters. The van der Waals surface area contributed by atoms with Crippen molar-refractivity contribution in [2.24, 2.45) is 0 Å². The van der Waals surface area contributed by atoms with Crippen LogP contribution < -0.4 is 9.27 Å². The maximum absolute atomic E-state index is 2.21. The molecule has 0 aliphatic carbocycles. The smallest absolute Gasteiger partial charge is 0.169 e. The first kappa shape index (κ1) is 11.1. The zero-order valence-electron chi connectivity index (χ0n) is 7.76. The topological polar surface area (TPSA) is 3.88 Å². The van der Waals surface area contributed by atoms with Crippen molar-refractivity contribution in [1.29, 1.82) is 0 Å². The van der Waals surface area contributed by atoms with Gasteiger partial charge >= 0.3 is 0 Å². The highest BCUT2D eigenvalue weighted by atomic mass is 19.0. The lowest BCUT2D eigenvalue weighted by molar-refractivity contribution is -0.693. The van der Waals surface area contributed by atoms with Crippen molar-refractivity contribution in [3.05, 3.63) is 30.1 Å². The van der Waals surface area contributed by atoms with E-state index in [1.807, 2.05) is 0 Å². The van der Waals surface area contributed by atoms with E-state index in [-0.39, 0.29) is 4.70 Å². The van der Waals surface area contributed by atoms with Crippen LogP contribution in [-0.4, -0.2) is 0 Å². The van der Waals surface area contributed by atoms with E-state index in [1.54, 1.807) is 0 Å². The van der Waals surface area contributed by atoms with Crippen LogP contribution in [0, 0.1) is 0 Å². The van der Waals surface area contributed by atoms with Crippen molar-refractivity contribution in [3.8, 4) is 0 Å². The van der Waals surface area contributed by atoms with E-state index in [9.17, 15) is 0 Å². The maximum atomic E-state index is 2.21. The first-order chi connectivity index (χ1) is 5.36. The van der Waals surface area contributed by atoms with Crippen LogP contribution in [0.25, 0.3) is 0 Å². The minimum Gasteiger partial charge on any atom is -1.00 e. The second kappa shape index (κ2) is 5.70. The Morgan fingerprint density at radius 3 is 2.17 bits per heavy atom. The van der Waals surface area contributed by atoms with Gasteiger partial charge in [-0.2, -0.15) is 0 Å². The van der Waals surface area contributed by atoms with E-state index in [2.05, 4.69) is 42.9 Å². The summed E-state index contributed by atoms with van der Waals surface area (Å²) >= 11 is 0. The third kappa shape index (κ3) is 2.99. The Bertz CT molecular complexity index is 206. The molecule has 1 aromatic rings. The normalized spacial score (nSPS) is 9.17. The van der Waals surface area contributed by atoms with E-state index >= 15 is 0 Å². The molecule has 1 heterocycles. The fourth-order valence-corrected chi connectivity index (χ4v) is 1.15. The highest BCUT2D eigenvalue weighted by Gasteiger charge is 1.95. The minimum atomic E-state index is 0. The number of rotatable bonds is 3. The molecule has 0 aromatic carbocycles. The van der Waals surface area contributed by atoms with E-state index in [0.717, 1.165) is 6.54 Å². The van der Waals surface area contributed by atoms with Gasteiger partial charge in [0.25, 0.3) is 0 Å². The molecule has 12 heavy (non-hydrogen) atoms. The van der Waals surface area contributed by atoms with Crippen molar-refractivity contribution >= 4 is 0 Å². The molecule has 1 nitrogen and oxygen atoms in total. The molecule has 0 spiro atoms. The molecule has 0 amide bonds. The van der Waals surface area contributed by atoms with Gasteiger partial charge in [0.15, 0.2) is 12.4 Å². The van der Waals surface area contributed by atoms with Crippen LogP contribution in [0.15, 0.2) is 24.5 Å². The Labute approximate surface area is 73.4 Å². The maximum Gasteiger partial charge on any atom is 0.169 e. The quantitative estimate of drug-likeness (QED) is 0.508. The fraction of sp³-hybridized carbons (Fsp3) is 0.500. The van der Waals surface area contributed by atoms with Gasteiger partial charge in [0.1, 0.15) is 6.54 Å². The second-order valence-corrected chi connectivity index (χ2v) is 2.79. The predicted molar refractivity (Wildman–Crippen MR) is 46.3 cm³/mol. The molecule has 0 saturated carbocycles. The SMILES string of the molecule is CCCc1cc[n+](CC)cc1.[F-]. The number of pyridine rings is 1. The van der Waals surface area contributed by atoms with Crippen molar-refractivity contribution in [3.63, 3.8) is 0 Å². The molecule has 68 valence electrons.